The van der Waals surface area contributed by atoms with Gasteiger partial charge in [0.2, 0.25) is 0 Å². The summed E-state index contributed by atoms with van der Waals surface area (Å²) < 4.78 is 72.1. The molecule has 1 saturated carbocycles. The highest BCUT2D eigenvalue weighted by atomic mass is 19.2. The van der Waals surface area contributed by atoms with Gasteiger partial charge in [-0.05, 0) is 37.1 Å². The van der Waals surface area contributed by atoms with E-state index in [1.165, 1.54) is 25.7 Å². The van der Waals surface area contributed by atoms with Gasteiger partial charge in [0.15, 0.2) is 6.17 Å². The Labute approximate surface area is 138 Å². The minimum atomic E-state index is -3.84. The topological polar surface area (TPSA) is 0 Å². The molecule has 0 nitrogen and oxygen atoms in total. The van der Waals surface area contributed by atoms with E-state index < -0.39 is 30.4 Å². The zero-order valence-corrected chi connectivity index (χ0v) is 13.3. The maximum absolute atomic E-state index is 14.2. The van der Waals surface area contributed by atoms with Crippen LogP contribution in [0.4, 0.5) is 13.2 Å². The Kier molecular flexibility index (Phi) is 5.06. The fraction of sp³-hybridized carbons (Fsp3) is 0.789. The molecule has 0 spiro atoms. The minimum Gasteiger partial charge on any atom is -0.244 e. The Morgan fingerprint density at radius 2 is 1.86 bits per heavy atom. The van der Waals surface area contributed by atoms with Crippen molar-refractivity contribution in [1.82, 2.24) is 0 Å². The van der Waals surface area contributed by atoms with E-state index in [4.69, 9.17) is 5.48 Å². The van der Waals surface area contributed by atoms with E-state index >= 15 is 0 Å². The first kappa shape index (κ1) is 12.7. The van der Waals surface area contributed by atoms with E-state index in [1.807, 2.05) is 0 Å². The molecular formula is C19H29F3. The van der Waals surface area contributed by atoms with Gasteiger partial charge in [-0.25, -0.2) is 13.2 Å². The summed E-state index contributed by atoms with van der Waals surface area (Å²) >= 11 is 0. The normalized spacial score (nSPS) is 48.2. The molecule has 1 fully saturated rings. The van der Waals surface area contributed by atoms with E-state index in [-0.39, 0.29) is 0 Å². The third-order valence-corrected chi connectivity index (χ3v) is 4.72. The fourth-order valence-electron chi connectivity index (χ4n) is 3.43. The number of allylic oxidation sites excluding steroid dienone is 4. The standard InChI is InChI=1S/C19H29F3/c1-2-5-14-8-10-15(11-9-14)6-3-4-7-16-12-17(20)19(22)18(21)13-16/h4,7,12,14-16,18-19H,2-3,5-6,8-11,13H2,1H3/i13D2,16D,18D. The van der Waals surface area contributed by atoms with Crippen LogP contribution in [0.3, 0.4) is 0 Å². The number of alkyl halides is 2. The second kappa shape index (κ2) is 8.79. The number of hydrogen-bond acceptors (Lipinski definition) is 0. The molecule has 2 aliphatic rings. The maximum Gasteiger partial charge on any atom is 0.182 e. The molecule has 3 unspecified atom stereocenters. The van der Waals surface area contributed by atoms with Crippen molar-refractivity contribution in [3.8, 4) is 0 Å². The summed E-state index contributed by atoms with van der Waals surface area (Å²) in [6, 6.07) is 0. The smallest absolute Gasteiger partial charge is 0.182 e. The molecule has 3 heteroatoms. The molecule has 22 heavy (non-hydrogen) atoms. The molecule has 2 rings (SSSR count). The van der Waals surface area contributed by atoms with E-state index in [0.29, 0.717) is 18.4 Å². The lowest BCUT2D eigenvalue weighted by atomic mass is 9.78. The first-order valence-electron chi connectivity index (χ1n) is 10.4. The average molecular weight is 318 g/mol. The van der Waals surface area contributed by atoms with E-state index in [2.05, 4.69) is 6.92 Å². The molecule has 3 atom stereocenters. The predicted molar refractivity (Wildman–Crippen MR) is 85.8 cm³/mol. The molecular weight excluding hydrogens is 285 g/mol. The average Bonchev–Trinajstić information content (AvgIpc) is 2.58. The van der Waals surface area contributed by atoms with Gasteiger partial charge in [0.1, 0.15) is 12.0 Å². The van der Waals surface area contributed by atoms with Gasteiger partial charge in [0.25, 0.3) is 0 Å². The van der Waals surface area contributed by atoms with Crippen molar-refractivity contribution in [1.29, 1.82) is 0 Å². The SMILES string of the molecule is [2H]C1(C=CCCC2CCC(CCC)CC2)C=C(F)C(F)C([2H])(F)C1([2H])[2H]. The molecule has 0 N–H and O–H groups in total. The summed E-state index contributed by atoms with van der Waals surface area (Å²) in [4.78, 5) is 0. The molecule has 0 heterocycles. The highest BCUT2D eigenvalue weighted by Crippen LogP contribution is 2.34. The van der Waals surface area contributed by atoms with Crippen LogP contribution in [0.1, 0.15) is 70.1 Å². The second-order valence-electron chi connectivity index (χ2n) is 6.48. The quantitative estimate of drug-likeness (QED) is 0.492. The van der Waals surface area contributed by atoms with Crippen LogP contribution in [-0.4, -0.2) is 12.3 Å². The predicted octanol–water partition coefficient (Wildman–Crippen LogP) is 6.48. The molecule has 0 aromatic carbocycles. The first-order valence-corrected chi connectivity index (χ1v) is 8.44. The van der Waals surface area contributed by atoms with Crippen molar-refractivity contribution in [2.45, 2.75) is 77.0 Å². The van der Waals surface area contributed by atoms with E-state index in [0.717, 1.165) is 31.3 Å². The van der Waals surface area contributed by atoms with Gasteiger partial charge in [-0.1, -0.05) is 57.6 Å². The third kappa shape index (κ3) is 5.17. The fourth-order valence-corrected chi connectivity index (χ4v) is 3.43. The van der Waals surface area contributed by atoms with Gasteiger partial charge in [-0.2, -0.15) is 0 Å². The highest BCUT2D eigenvalue weighted by molar-refractivity contribution is 5.14. The second-order valence-corrected chi connectivity index (χ2v) is 6.48. The molecule has 0 aliphatic heterocycles. The molecule has 126 valence electrons. The van der Waals surface area contributed by atoms with E-state index in [1.54, 1.807) is 6.08 Å². The number of hydrogen-bond donors (Lipinski definition) is 0. The lowest BCUT2D eigenvalue weighted by Crippen LogP contribution is -2.25. The van der Waals surface area contributed by atoms with Gasteiger partial charge >= 0.3 is 0 Å². The molecule has 0 aromatic heterocycles. The monoisotopic (exact) mass is 318 g/mol. The van der Waals surface area contributed by atoms with Crippen LogP contribution in [0, 0.1) is 17.7 Å². The summed E-state index contributed by atoms with van der Waals surface area (Å²) in [7, 11) is 0. The summed E-state index contributed by atoms with van der Waals surface area (Å²) in [5, 5.41) is 0. The Balaban J connectivity index is 1.95. The molecule has 2 aliphatic carbocycles. The van der Waals surface area contributed by atoms with Crippen LogP contribution in [-0.2, 0) is 0 Å². The van der Waals surface area contributed by atoms with Crippen molar-refractivity contribution >= 4 is 0 Å². The Morgan fingerprint density at radius 3 is 2.50 bits per heavy atom. The zero-order valence-electron chi connectivity index (χ0n) is 17.3. The van der Waals surface area contributed by atoms with Crippen molar-refractivity contribution < 1.29 is 18.7 Å². The number of rotatable bonds is 6. The molecule has 0 aromatic rings. The van der Waals surface area contributed by atoms with Crippen LogP contribution < -0.4 is 0 Å². The van der Waals surface area contributed by atoms with Crippen LogP contribution in [0.2, 0.25) is 0 Å². The first-order chi connectivity index (χ1) is 12.0. The summed E-state index contributed by atoms with van der Waals surface area (Å²) in [5.74, 6) is -2.63. The van der Waals surface area contributed by atoms with Crippen molar-refractivity contribution in [2.75, 3.05) is 0 Å². The summed E-state index contributed by atoms with van der Waals surface area (Å²) in [5.41, 5.74) is 0. The largest absolute Gasteiger partial charge is 0.244 e. The van der Waals surface area contributed by atoms with Crippen molar-refractivity contribution in [3.63, 3.8) is 0 Å². The summed E-state index contributed by atoms with van der Waals surface area (Å²) in [6.07, 6.45) is 1.73. The molecule has 0 saturated heterocycles. The van der Waals surface area contributed by atoms with Crippen molar-refractivity contribution in [3.05, 3.63) is 24.1 Å². The van der Waals surface area contributed by atoms with Gasteiger partial charge < -0.3 is 0 Å². The Hall–Kier alpha value is -0.730. The lowest BCUT2D eigenvalue weighted by molar-refractivity contribution is 0.144. The minimum absolute atomic E-state index is 0.455. The van der Waals surface area contributed by atoms with Crippen molar-refractivity contribution in [2.24, 2.45) is 17.7 Å². The molecule has 0 bridgehead atoms. The zero-order chi connectivity index (χ0) is 19.6. The Morgan fingerprint density at radius 1 is 1.23 bits per heavy atom. The van der Waals surface area contributed by atoms with Crippen LogP contribution in [0.5, 0.6) is 0 Å². The van der Waals surface area contributed by atoms with Crippen LogP contribution in [0.15, 0.2) is 24.1 Å². The third-order valence-electron chi connectivity index (χ3n) is 4.72. The van der Waals surface area contributed by atoms with Crippen LogP contribution in [0.25, 0.3) is 0 Å². The van der Waals surface area contributed by atoms with Gasteiger partial charge in [0, 0.05) is 10.0 Å². The summed E-state index contributed by atoms with van der Waals surface area (Å²) in [6.45, 7) is 2.20. The Bertz CT molecular complexity index is 539. The lowest BCUT2D eigenvalue weighted by Gasteiger charge is -2.28. The van der Waals surface area contributed by atoms with Gasteiger partial charge in [0.05, 0.1) is 1.37 Å². The molecule has 0 radical (unpaired) electrons. The highest BCUT2D eigenvalue weighted by Gasteiger charge is 2.31. The van der Waals surface area contributed by atoms with E-state index in [9.17, 15) is 13.2 Å². The van der Waals surface area contributed by atoms with Crippen LogP contribution >= 0.6 is 0 Å². The molecule has 0 amide bonds. The maximum atomic E-state index is 14.2. The number of halogens is 3. The van der Waals surface area contributed by atoms with Gasteiger partial charge in [-0.3, -0.25) is 0 Å². The van der Waals surface area contributed by atoms with Gasteiger partial charge in [-0.15, -0.1) is 0 Å².